The third-order valence-corrected chi connectivity index (χ3v) is 9.41. The number of carbonyl (C=O) groups excluding carboxylic acids is 6. The number of rotatable bonds is 15. The van der Waals surface area contributed by atoms with E-state index >= 15 is 0 Å². The van der Waals surface area contributed by atoms with Gasteiger partial charge in [-0.05, 0) is 0 Å². The quantitative estimate of drug-likeness (QED) is 0.104. The molecule has 0 saturated carbocycles. The Bertz CT molecular complexity index is 1810. The fraction of sp³-hybridized carbons (Fsp3) is 0.630. The summed E-state index contributed by atoms with van der Waals surface area (Å²) in [7, 11) is -11.7. The van der Waals surface area contributed by atoms with Crippen molar-refractivity contribution in [2.24, 2.45) is 0 Å². The van der Waals surface area contributed by atoms with Crippen LogP contribution >= 0.6 is 15.6 Å². The molecule has 2 aliphatic heterocycles. The number of H-pyrrole nitrogens is 1. The number of esters is 6. The molecule has 0 amide bonds. The number of phosphoric ester groups is 2. The molecule has 11 atom stereocenters. The van der Waals surface area contributed by atoms with E-state index in [4.69, 9.17) is 46.9 Å². The number of phosphoric acid groups is 2. The van der Waals surface area contributed by atoms with Gasteiger partial charge in [0.2, 0.25) is 6.29 Å². The van der Waals surface area contributed by atoms with Crippen LogP contribution in [0.3, 0.4) is 0 Å². The first-order valence-electron chi connectivity index (χ1n) is 15.3. The Morgan fingerprint density at radius 2 is 1.17 bits per heavy atom. The number of nitrogens with zero attached hydrogens (tertiary/aromatic N) is 1. The van der Waals surface area contributed by atoms with Crippen molar-refractivity contribution in [1.29, 1.82) is 0 Å². The fourth-order valence-electron chi connectivity index (χ4n) is 5.09. The summed E-state index contributed by atoms with van der Waals surface area (Å²) < 4.78 is 82.8. The number of hydrogen-bond acceptors (Lipinski definition) is 21. The van der Waals surface area contributed by atoms with E-state index in [0.717, 1.165) is 58.4 Å². The van der Waals surface area contributed by atoms with Crippen LogP contribution in [0.25, 0.3) is 0 Å². The van der Waals surface area contributed by atoms with Crippen LogP contribution in [0.4, 0.5) is 0 Å². The maximum Gasteiger partial charge on any atom is 0.483 e. The smallest absolute Gasteiger partial charge is 0.463 e. The van der Waals surface area contributed by atoms with Gasteiger partial charge in [-0.15, -0.1) is 0 Å². The molecule has 2 unspecified atom stereocenters. The summed E-state index contributed by atoms with van der Waals surface area (Å²) >= 11 is 0. The van der Waals surface area contributed by atoms with Crippen molar-refractivity contribution < 1.29 is 98.9 Å². The molecule has 0 radical (unpaired) electrons. The lowest BCUT2D eigenvalue weighted by molar-refractivity contribution is -0.291. The molecule has 0 aromatic carbocycles. The zero-order chi connectivity index (χ0) is 40.7. The summed E-state index contributed by atoms with van der Waals surface area (Å²) in [5.41, 5.74) is -1.88. The van der Waals surface area contributed by atoms with Crippen molar-refractivity contribution in [3.05, 3.63) is 33.1 Å². The molecule has 0 aliphatic carbocycles. The molecule has 25 nitrogen and oxygen atoms in total. The second-order valence-electron chi connectivity index (χ2n) is 11.2. The minimum absolute atomic E-state index is 0.740. The van der Waals surface area contributed by atoms with E-state index < -0.39 is 131 Å². The van der Waals surface area contributed by atoms with Crippen molar-refractivity contribution in [2.45, 2.75) is 96.8 Å². The Hall–Kier alpha value is -4.32. The highest BCUT2D eigenvalue weighted by Gasteiger charge is 2.56. The molecule has 302 valence electrons. The van der Waals surface area contributed by atoms with Crippen molar-refractivity contribution in [1.82, 2.24) is 9.55 Å². The molecule has 2 fully saturated rings. The van der Waals surface area contributed by atoms with Crippen LogP contribution in [0.1, 0.15) is 47.8 Å². The maximum absolute atomic E-state index is 13.1. The molecular weight excluding hydrogens is 782 g/mol. The Kier molecular flexibility index (Phi) is 15.0. The Morgan fingerprint density at radius 1 is 0.685 bits per heavy atom. The van der Waals surface area contributed by atoms with Crippen molar-refractivity contribution in [3.8, 4) is 0 Å². The van der Waals surface area contributed by atoms with Crippen LogP contribution in [0.5, 0.6) is 0 Å². The highest BCUT2D eigenvalue weighted by atomic mass is 31.3. The van der Waals surface area contributed by atoms with Gasteiger partial charge in [-0.1, -0.05) is 0 Å². The zero-order valence-corrected chi connectivity index (χ0v) is 30.9. The van der Waals surface area contributed by atoms with Crippen LogP contribution in [0.15, 0.2) is 21.9 Å². The van der Waals surface area contributed by atoms with E-state index in [2.05, 4.69) is 4.31 Å². The topological polar surface area (TPSA) is 333 Å². The number of carbonyl (C=O) groups is 6. The van der Waals surface area contributed by atoms with E-state index in [1.54, 1.807) is 0 Å². The summed E-state index contributed by atoms with van der Waals surface area (Å²) in [6.07, 6.45) is -15.2. The fourth-order valence-corrected chi connectivity index (χ4v) is 7.24. The van der Waals surface area contributed by atoms with E-state index in [0.29, 0.717) is 0 Å². The average molecular weight is 819 g/mol. The number of nitrogens with one attached hydrogen (secondary N) is 1. The minimum Gasteiger partial charge on any atom is -0.463 e. The van der Waals surface area contributed by atoms with E-state index in [1.165, 1.54) is 0 Å². The lowest BCUT2D eigenvalue weighted by Crippen LogP contribution is -2.62. The lowest BCUT2D eigenvalue weighted by atomic mass is 9.98. The molecule has 2 saturated heterocycles. The van der Waals surface area contributed by atoms with Gasteiger partial charge in [0.1, 0.15) is 18.8 Å². The number of hydrogen-bond donors (Lipinski definition) is 3. The third-order valence-electron chi connectivity index (χ3n) is 6.81. The Labute approximate surface area is 303 Å². The largest absolute Gasteiger partial charge is 0.483 e. The highest BCUT2D eigenvalue weighted by Crippen LogP contribution is 2.61. The van der Waals surface area contributed by atoms with Crippen molar-refractivity contribution in [2.75, 3.05) is 13.2 Å². The Morgan fingerprint density at radius 3 is 1.69 bits per heavy atom. The van der Waals surface area contributed by atoms with Crippen LogP contribution in [-0.4, -0.2) is 117 Å². The Balaban J connectivity index is 1.89. The molecule has 3 N–H and O–H groups in total. The normalized spacial score (nSPS) is 28.7. The van der Waals surface area contributed by atoms with Gasteiger partial charge in [-0.3, -0.25) is 52.2 Å². The number of aromatic amines is 1. The van der Waals surface area contributed by atoms with Crippen LogP contribution in [0, 0.1) is 0 Å². The van der Waals surface area contributed by atoms with E-state index in [9.17, 15) is 57.3 Å². The standard InChI is InChI=1S/C27H36N2O23P2/c1-11(30)42-9-17-20(44-12(2)31)22(46-14(4)33)24(48-16(6)35)26(50-17)51-54(40,41)52-53(38,39)43-10-18-21(45-13(3)32)23(47-15(5)34)25(49-18)29-8-7-19(36)28-27(29)37/h7-8,17-18,20-26H,9-10H2,1-6H3,(H,38,39)(H,40,41)(H,28,36,37)/t17-,18-,20-,21-,22+,23-,24-,25-,26-/m1/s1. The van der Waals surface area contributed by atoms with Gasteiger partial charge in [0, 0.05) is 53.8 Å². The second-order valence-corrected chi connectivity index (χ2v) is 14.2. The molecule has 3 rings (SSSR count). The van der Waals surface area contributed by atoms with Gasteiger partial charge in [-0.2, -0.15) is 4.31 Å². The predicted molar refractivity (Wildman–Crippen MR) is 166 cm³/mol. The van der Waals surface area contributed by atoms with Gasteiger partial charge in [-0.25, -0.2) is 13.9 Å². The van der Waals surface area contributed by atoms with Crippen molar-refractivity contribution in [3.63, 3.8) is 0 Å². The van der Waals surface area contributed by atoms with Crippen LogP contribution in [0.2, 0.25) is 0 Å². The first-order chi connectivity index (χ1) is 25.0. The lowest BCUT2D eigenvalue weighted by Gasteiger charge is -2.43. The SMILES string of the molecule is CC(=O)OC[C@H]1O[C@H](OP(=O)(O)OP(=O)(O)OC[C@H]2O[C@@H](n3ccc(=O)[nH]c3=O)[C@H](OC(C)=O)[C@@H]2OC(C)=O)[C@H](OC(C)=O)[C@@H](OC(C)=O)[C@@H]1OC(C)=O. The third kappa shape index (κ3) is 12.6. The molecule has 3 heterocycles. The summed E-state index contributed by atoms with van der Waals surface area (Å²) in [6, 6.07) is 0.903. The summed E-state index contributed by atoms with van der Waals surface area (Å²) in [4.78, 5) is 118. The summed E-state index contributed by atoms with van der Waals surface area (Å²) in [5, 5.41) is 0. The second kappa shape index (κ2) is 18.3. The molecule has 1 aromatic heterocycles. The molecule has 1 aromatic rings. The number of aromatic nitrogens is 2. The van der Waals surface area contributed by atoms with E-state index in [1.807, 2.05) is 4.98 Å². The van der Waals surface area contributed by atoms with Crippen LogP contribution in [-0.2, 0) is 89.2 Å². The van der Waals surface area contributed by atoms with Gasteiger partial charge >= 0.3 is 57.2 Å². The van der Waals surface area contributed by atoms with Gasteiger partial charge < -0.3 is 47.7 Å². The highest BCUT2D eigenvalue weighted by molar-refractivity contribution is 7.61. The molecular formula is C27H36N2O23P2. The maximum atomic E-state index is 13.1. The summed E-state index contributed by atoms with van der Waals surface area (Å²) in [5.74, 6) is -5.97. The van der Waals surface area contributed by atoms with Crippen molar-refractivity contribution >= 4 is 51.5 Å². The summed E-state index contributed by atoms with van der Waals surface area (Å²) in [6.45, 7) is 3.68. The monoisotopic (exact) mass is 818 g/mol. The molecule has 27 heteroatoms. The van der Waals surface area contributed by atoms with Gasteiger partial charge in [0.25, 0.3) is 5.56 Å². The molecule has 2 aliphatic rings. The first-order valence-corrected chi connectivity index (χ1v) is 18.3. The molecule has 54 heavy (non-hydrogen) atoms. The first kappa shape index (κ1) is 44.1. The zero-order valence-electron chi connectivity index (χ0n) is 29.1. The van der Waals surface area contributed by atoms with Gasteiger partial charge in [0.05, 0.1) is 6.61 Å². The molecule has 0 spiro atoms. The van der Waals surface area contributed by atoms with Crippen LogP contribution < -0.4 is 11.2 Å². The average Bonchev–Trinajstić information content (AvgIpc) is 3.31. The number of ether oxygens (including phenoxy) is 8. The van der Waals surface area contributed by atoms with E-state index in [-0.39, 0.29) is 0 Å². The minimum atomic E-state index is -5.92. The van der Waals surface area contributed by atoms with Gasteiger partial charge in [0.15, 0.2) is 36.7 Å². The predicted octanol–water partition coefficient (Wildman–Crippen LogP) is -1.37. The molecule has 0 bridgehead atoms.